The first-order valence-electron chi connectivity index (χ1n) is 6.07. The number of methoxy groups -OCH3 is 2. The molecule has 5 nitrogen and oxygen atoms in total. The van der Waals surface area contributed by atoms with Gasteiger partial charge in [0.05, 0.1) is 37.0 Å². The summed E-state index contributed by atoms with van der Waals surface area (Å²) in [6.45, 7) is 2.46. The van der Waals surface area contributed by atoms with Crippen molar-refractivity contribution in [2.24, 2.45) is 0 Å². The molecule has 0 aliphatic rings. The highest BCUT2D eigenvalue weighted by molar-refractivity contribution is 6.33. The largest absolute Gasteiger partial charge is 0.481 e. The lowest BCUT2D eigenvalue weighted by molar-refractivity contribution is 0.363. The molecule has 1 N–H and O–H groups in total. The van der Waals surface area contributed by atoms with Gasteiger partial charge in [-0.3, -0.25) is 0 Å². The van der Waals surface area contributed by atoms with E-state index in [1.807, 2.05) is 25.1 Å². The standard InChI is InChI=1S/C14H16ClN3O2/c1-9-4-5-11(15)12(6-9)16-7-10-13(19-2)17-8-18-14(10)20-3/h4-6,8,16H,7H2,1-3H3. The van der Waals surface area contributed by atoms with E-state index in [1.54, 1.807) is 14.2 Å². The molecule has 0 aliphatic heterocycles. The molecule has 2 aromatic rings. The first-order chi connectivity index (χ1) is 9.65. The summed E-state index contributed by atoms with van der Waals surface area (Å²) in [7, 11) is 3.12. The molecule has 0 amide bonds. The van der Waals surface area contributed by atoms with Gasteiger partial charge in [0, 0.05) is 0 Å². The zero-order chi connectivity index (χ0) is 14.5. The second kappa shape index (κ2) is 6.43. The van der Waals surface area contributed by atoms with E-state index in [0.29, 0.717) is 23.3 Å². The van der Waals surface area contributed by atoms with E-state index in [2.05, 4.69) is 15.3 Å². The van der Waals surface area contributed by atoms with Crippen LogP contribution < -0.4 is 14.8 Å². The maximum absolute atomic E-state index is 6.15. The van der Waals surface area contributed by atoms with Gasteiger partial charge in [-0.25, -0.2) is 9.97 Å². The van der Waals surface area contributed by atoms with Gasteiger partial charge in [-0.05, 0) is 24.6 Å². The quantitative estimate of drug-likeness (QED) is 0.918. The number of nitrogens with zero attached hydrogens (tertiary/aromatic N) is 2. The second-order valence-corrected chi connectivity index (χ2v) is 4.61. The van der Waals surface area contributed by atoms with Crippen molar-refractivity contribution in [3.63, 3.8) is 0 Å². The number of rotatable bonds is 5. The zero-order valence-electron chi connectivity index (χ0n) is 11.6. The highest BCUT2D eigenvalue weighted by atomic mass is 35.5. The SMILES string of the molecule is COc1ncnc(OC)c1CNc1cc(C)ccc1Cl. The molecule has 106 valence electrons. The van der Waals surface area contributed by atoms with E-state index in [4.69, 9.17) is 21.1 Å². The predicted octanol–water partition coefficient (Wildman–Crippen LogP) is 3.07. The molecule has 1 heterocycles. The van der Waals surface area contributed by atoms with Crippen LogP contribution >= 0.6 is 11.6 Å². The summed E-state index contributed by atoms with van der Waals surface area (Å²) in [5.41, 5.74) is 2.72. The number of aromatic nitrogens is 2. The maximum atomic E-state index is 6.15. The highest BCUT2D eigenvalue weighted by Gasteiger charge is 2.13. The summed E-state index contributed by atoms with van der Waals surface area (Å²) in [4.78, 5) is 8.14. The van der Waals surface area contributed by atoms with Gasteiger partial charge in [0.2, 0.25) is 11.8 Å². The van der Waals surface area contributed by atoms with Crippen molar-refractivity contribution in [3.8, 4) is 11.8 Å². The average Bonchev–Trinajstić information content (AvgIpc) is 2.47. The summed E-state index contributed by atoms with van der Waals surface area (Å²) < 4.78 is 10.5. The molecular formula is C14H16ClN3O2. The average molecular weight is 294 g/mol. The summed E-state index contributed by atoms with van der Waals surface area (Å²) in [5.74, 6) is 0.959. The maximum Gasteiger partial charge on any atom is 0.225 e. The fourth-order valence-corrected chi connectivity index (χ4v) is 2.03. The smallest absolute Gasteiger partial charge is 0.225 e. The van der Waals surface area contributed by atoms with Crippen LogP contribution in [0.25, 0.3) is 0 Å². The third-order valence-electron chi connectivity index (χ3n) is 2.83. The topological polar surface area (TPSA) is 56.3 Å². The van der Waals surface area contributed by atoms with Crippen LogP contribution in [0.1, 0.15) is 11.1 Å². The van der Waals surface area contributed by atoms with Crippen molar-refractivity contribution in [1.29, 1.82) is 0 Å². The molecule has 0 fully saturated rings. The molecule has 0 saturated carbocycles. The molecule has 6 heteroatoms. The van der Waals surface area contributed by atoms with Crippen LogP contribution in [0.5, 0.6) is 11.8 Å². The van der Waals surface area contributed by atoms with Crippen LogP contribution in [0.3, 0.4) is 0 Å². The number of benzene rings is 1. The summed E-state index contributed by atoms with van der Waals surface area (Å²) in [6.07, 6.45) is 1.40. The minimum atomic E-state index is 0.455. The van der Waals surface area contributed by atoms with Crippen LogP contribution in [-0.2, 0) is 6.54 Å². The summed E-state index contributed by atoms with van der Waals surface area (Å²) in [6, 6.07) is 5.79. The first kappa shape index (κ1) is 14.4. The molecule has 0 atom stereocenters. The molecule has 0 aliphatic carbocycles. The normalized spacial score (nSPS) is 10.2. The summed E-state index contributed by atoms with van der Waals surface area (Å²) >= 11 is 6.15. The van der Waals surface area contributed by atoms with E-state index in [1.165, 1.54) is 6.33 Å². The zero-order valence-corrected chi connectivity index (χ0v) is 12.4. The highest BCUT2D eigenvalue weighted by Crippen LogP contribution is 2.27. The predicted molar refractivity (Wildman–Crippen MR) is 78.7 cm³/mol. The molecule has 20 heavy (non-hydrogen) atoms. The second-order valence-electron chi connectivity index (χ2n) is 4.21. The fraction of sp³-hybridized carbons (Fsp3) is 0.286. The third kappa shape index (κ3) is 3.11. The van der Waals surface area contributed by atoms with Crippen molar-refractivity contribution in [1.82, 2.24) is 9.97 Å². The number of hydrogen-bond donors (Lipinski definition) is 1. The van der Waals surface area contributed by atoms with Crippen molar-refractivity contribution in [2.75, 3.05) is 19.5 Å². The Labute approximate surface area is 122 Å². The lowest BCUT2D eigenvalue weighted by Gasteiger charge is -2.13. The van der Waals surface area contributed by atoms with Gasteiger partial charge in [0.1, 0.15) is 6.33 Å². The lowest BCUT2D eigenvalue weighted by atomic mass is 10.2. The van der Waals surface area contributed by atoms with E-state index >= 15 is 0 Å². The molecule has 0 saturated heterocycles. The fourth-order valence-electron chi connectivity index (χ4n) is 1.84. The summed E-state index contributed by atoms with van der Waals surface area (Å²) in [5, 5.41) is 3.91. The number of halogens is 1. The van der Waals surface area contributed by atoms with Crippen molar-refractivity contribution < 1.29 is 9.47 Å². The number of aryl methyl sites for hydroxylation is 1. The Kier molecular flexibility index (Phi) is 4.63. The Morgan fingerprint density at radius 2 is 1.80 bits per heavy atom. The molecule has 0 unspecified atom stereocenters. The lowest BCUT2D eigenvalue weighted by Crippen LogP contribution is -2.07. The molecule has 1 aromatic heterocycles. The Bertz CT molecular complexity index is 583. The van der Waals surface area contributed by atoms with Gasteiger partial charge in [-0.15, -0.1) is 0 Å². The Hall–Kier alpha value is -2.01. The molecule has 2 rings (SSSR count). The minimum Gasteiger partial charge on any atom is -0.481 e. The van der Waals surface area contributed by atoms with Gasteiger partial charge in [0.15, 0.2) is 0 Å². The third-order valence-corrected chi connectivity index (χ3v) is 3.16. The first-order valence-corrected chi connectivity index (χ1v) is 6.45. The minimum absolute atomic E-state index is 0.455. The van der Waals surface area contributed by atoms with Crippen molar-refractivity contribution >= 4 is 17.3 Å². The van der Waals surface area contributed by atoms with Gasteiger partial charge < -0.3 is 14.8 Å². The number of nitrogens with one attached hydrogen (secondary N) is 1. The van der Waals surface area contributed by atoms with Crippen LogP contribution in [0.2, 0.25) is 5.02 Å². The van der Waals surface area contributed by atoms with Crippen LogP contribution in [0.15, 0.2) is 24.5 Å². The number of ether oxygens (including phenoxy) is 2. The molecular weight excluding hydrogens is 278 g/mol. The van der Waals surface area contributed by atoms with E-state index < -0.39 is 0 Å². The number of hydrogen-bond acceptors (Lipinski definition) is 5. The van der Waals surface area contributed by atoms with Crippen molar-refractivity contribution in [2.45, 2.75) is 13.5 Å². The van der Waals surface area contributed by atoms with Gasteiger partial charge in [-0.2, -0.15) is 0 Å². The molecule has 1 aromatic carbocycles. The van der Waals surface area contributed by atoms with Crippen molar-refractivity contribution in [3.05, 3.63) is 40.7 Å². The van der Waals surface area contributed by atoms with Crippen LogP contribution in [-0.4, -0.2) is 24.2 Å². The number of anilines is 1. The Morgan fingerprint density at radius 1 is 1.15 bits per heavy atom. The van der Waals surface area contributed by atoms with Gasteiger partial charge in [-0.1, -0.05) is 17.7 Å². The van der Waals surface area contributed by atoms with Crippen LogP contribution in [0.4, 0.5) is 5.69 Å². The van der Waals surface area contributed by atoms with E-state index in [0.717, 1.165) is 16.8 Å². The van der Waals surface area contributed by atoms with E-state index in [-0.39, 0.29) is 0 Å². The monoisotopic (exact) mass is 293 g/mol. The Balaban J connectivity index is 2.24. The van der Waals surface area contributed by atoms with E-state index in [9.17, 15) is 0 Å². The van der Waals surface area contributed by atoms with Gasteiger partial charge >= 0.3 is 0 Å². The molecule has 0 spiro atoms. The Morgan fingerprint density at radius 3 is 2.40 bits per heavy atom. The van der Waals surface area contributed by atoms with Gasteiger partial charge in [0.25, 0.3) is 0 Å². The molecule has 0 bridgehead atoms. The molecule has 0 radical (unpaired) electrons. The van der Waals surface area contributed by atoms with Crippen LogP contribution in [0, 0.1) is 6.92 Å².